The molecule has 0 atom stereocenters. The summed E-state index contributed by atoms with van der Waals surface area (Å²) in [5.74, 6) is 1.48. The summed E-state index contributed by atoms with van der Waals surface area (Å²) >= 11 is 0. The molecule has 3 aromatic rings. The maximum Gasteiger partial charge on any atom is 0.404 e. The number of anilines is 1. The Morgan fingerprint density at radius 1 is 1.29 bits per heavy atom. The number of amides is 1. The third-order valence-corrected chi connectivity index (χ3v) is 5.91. The zero-order valence-corrected chi connectivity index (χ0v) is 17.6. The summed E-state index contributed by atoms with van der Waals surface area (Å²) in [6, 6.07) is 7.63. The Bertz CT molecular complexity index is 1130. The lowest BCUT2D eigenvalue weighted by molar-refractivity contribution is 0.178. The van der Waals surface area contributed by atoms with Crippen LogP contribution in [-0.4, -0.2) is 57.7 Å². The normalized spacial score (nSPS) is 15.7. The van der Waals surface area contributed by atoms with E-state index in [-0.39, 0.29) is 11.0 Å². The van der Waals surface area contributed by atoms with Gasteiger partial charge in [-0.1, -0.05) is 19.1 Å². The monoisotopic (exact) mass is 426 g/mol. The molecule has 1 saturated heterocycles. The molecule has 1 aliphatic heterocycles. The van der Waals surface area contributed by atoms with Gasteiger partial charge in [-0.2, -0.15) is 0 Å². The highest BCUT2D eigenvalue weighted by Gasteiger charge is 2.31. The molecule has 0 aliphatic carbocycles. The van der Waals surface area contributed by atoms with E-state index in [4.69, 9.17) is 14.8 Å². The van der Waals surface area contributed by atoms with E-state index in [0.29, 0.717) is 30.1 Å². The summed E-state index contributed by atoms with van der Waals surface area (Å²) in [4.78, 5) is 34.4. The van der Waals surface area contributed by atoms with Crippen LogP contribution >= 0.6 is 0 Å². The third-order valence-electron chi connectivity index (χ3n) is 5.91. The number of H-pyrrole nitrogens is 1. The van der Waals surface area contributed by atoms with Crippen molar-refractivity contribution in [1.82, 2.24) is 25.1 Å². The van der Waals surface area contributed by atoms with Crippen molar-refractivity contribution in [3.63, 3.8) is 0 Å². The lowest BCUT2D eigenvalue weighted by atomic mass is 9.80. The fourth-order valence-corrected chi connectivity index (χ4v) is 3.87. The van der Waals surface area contributed by atoms with Gasteiger partial charge in [0.1, 0.15) is 11.6 Å². The number of carboxylic acid groups (broad SMARTS) is 1. The van der Waals surface area contributed by atoms with Gasteiger partial charge >= 0.3 is 6.09 Å². The molecule has 3 heterocycles. The van der Waals surface area contributed by atoms with Crippen LogP contribution in [0.15, 0.2) is 35.3 Å². The van der Waals surface area contributed by atoms with Crippen LogP contribution in [0.4, 0.5) is 10.6 Å². The van der Waals surface area contributed by atoms with Crippen LogP contribution in [0, 0.1) is 5.41 Å². The highest BCUT2D eigenvalue weighted by atomic mass is 16.5. The minimum Gasteiger partial charge on any atom is -0.497 e. The maximum absolute atomic E-state index is 12.3. The number of nitrogens with one attached hydrogen (secondary N) is 2. The van der Waals surface area contributed by atoms with Crippen LogP contribution in [0.3, 0.4) is 0 Å². The number of carbonyl (C=O) groups is 1. The quantitative estimate of drug-likeness (QED) is 0.551. The summed E-state index contributed by atoms with van der Waals surface area (Å²) in [7, 11) is 1.62. The molecule has 1 fully saturated rings. The summed E-state index contributed by atoms with van der Waals surface area (Å²) in [6.07, 6.45) is 2.30. The molecule has 0 bridgehead atoms. The van der Waals surface area contributed by atoms with Crippen LogP contribution < -0.4 is 20.5 Å². The average molecular weight is 426 g/mol. The van der Waals surface area contributed by atoms with Gasteiger partial charge in [0.25, 0.3) is 5.56 Å². The number of ether oxygens (including phenoxy) is 1. The van der Waals surface area contributed by atoms with Gasteiger partial charge in [0.2, 0.25) is 0 Å². The molecular weight excluding hydrogens is 400 g/mol. The molecule has 10 nitrogen and oxygen atoms in total. The number of benzene rings is 1. The van der Waals surface area contributed by atoms with E-state index in [1.54, 1.807) is 18.0 Å². The number of rotatable bonds is 6. The van der Waals surface area contributed by atoms with Crippen LogP contribution in [0.1, 0.15) is 25.3 Å². The van der Waals surface area contributed by atoms with Gasteiger partial charge in [0.15, 0.2) is 11.2 Å². The fraction of sp³-hybridized carbons (Fsp3) is 0.429. The van der Waals surface area contributed by atoms with Crippen molar-refractivity contribution < 1.29 is 14.6 Å². The van der Waals surface area contributed by atoms with Crippen LogP contribution in [0.2, 0.25) is 0 Å². The SMILES string of the molecule is COc1ccc(Cn2[nH]c(=O)c3ncc(N4CCC(C)(CNC(=O)O)CC4)nc32)cc1. The second-order valence-corrected chi connectivity index (χ2v) is 8.23. The lowest BCUT2D eigenvalue weighted by Gasteiger charge is -2.39. The summed E-state index contributed by atoms with van der Waals surface area (Å²) < 4.78 is 6.90. The van der Waals surface area contributed by atoms with Gasteiger partial charge in [-0.15, -0.1) is 0 Å². The first-order valence-corrected chi connectivity index (χ1v) is 10.2. The predicted molar refractivity (Wildman–Crippen MR) is 116 cm³/mol. The Balaban J connectivity index is 1.53. The Morgan fingerprint density at radius 2 is 2.00 bits per heavy atom. The Morgan fingerprint density at radius 3 is 2.65 bits per heavy atom. The Labute approximate surface area is 178 Å². The molecule has 3 N–H and O–H groups in total. The molecule has 1 aromatic carbocycles. The number of hydrogen-bond donors (Lipinski definition) is 3. The average Bonchev–Trinajstić information content (AvgIpc) is 3.08. The summed E-state index contributed by atoms with van der Waals surface area (Å²) in [6.45, 7) is 4.46. The van der Waals surface area contributed by atoms with Crippen molar-refractivity contribution >= 4 is 23.1 Å². The van der Waals surface area contributed by atoms with Crippen molar-refractivity contribution in [1.29, 1.82) is 0 Å². The van der Waals surface area contributed by atoms with E-state index in [2.05, 4.69) is 27.2 Å². The van der Waals surface area contributed by atoms with E-state index < -0.39 is 6.09 Å². The number of aromatic nitrogens is 4. The number of nitrogens with zero attached hydrogens (tertiary/aromatic N) is 4. The molecule has 0 spiro atoms. The molecule has 1 amide bonds. The van der Waals surface area contributed by atoms with E-state index in [1.165, 1.54) is 0 Å². The molecule has 31 heavy (non-hydrogen) atoms. The second kappa shape index (κ2) is 8.29. The van der Waals surface area contributed by atoms with Crippen molar-refractivity contribution in [2.45, 2.75) is 26.3 Å². The van der Waals surface area contributed by atoms with Crippen molar-refractivity contribution in [3.8, 4) is 5.75 Å². The molecule has 0 unspecified atom stereocenters. The standard InChI is InChI=1S/C21H26N6O4/c1-21(13-23-20(29)30)7-9-26(10-8-21)16-11-22-17-18(24-16)27(25-19(17)28)12-14-3-5-15(31-2)6-4-14/h3-6,11,23H,7-10,12-13H2,1-2H3,(H,25,28)(H,29,30). The van der Waals surface area contributed by atoms with Crippen molar-refractivity contribution in [3.05, 3.63) is 46.4 Å². The molecule has 0 radical (unpaired) electrons. The molecule has 4 rings (SSSR count). The van der Waals surface area contributed by atoms with Crippen molar-refractivity contribution in [2.75, 3.05) is 31.6 Å². The van der Waals surface area contributed by atoms with E-state index in [0.717, 1.165) is 37.2 Å². The Kier molecular flexibility index (Phi) is 5.53. The Hall–Kier alpha value is -3.56. The summed E-state index contributed by atoms with van der Waals surface area (Å²) in [5, 5.41) is 14.2. The van der Waals surface area contributed by atoms with E-state index >= 15 is 0 Å². The third kappa shape index (κ3) is 4.47. The van der Waals surface area contributed by atoms with Crippen LogP contribution in [0.5, 0.6) is 5.75 Å². The largest absolute Gasteiger partial charge is 0.497 e. The molecule has 0 saturated carbocycles. The highest BCUT2D eigenvalue weighted by molar-refractivity contribution is 5.71. The number of aromatic amines is 1. The van der Waals surface area contributed by atoms with Crippen LogP contribution in [-0.2, 0) is 6.54 Å². The van der Waals surface area contributed by atoms with Gasteiger partial charge in [0.05, 0.1) is 19.9 Å². The molecule has 164 valence electrons. The lowest BCUT2D eigenvalue weighted by Crippen LogP contribution is -2.44. The number of hydrogen-bond acceptors (Lipinski definition) is 6. The van der Waals surface area contributed by atoms with Gasteiger partial charge in [0, 0.05) is 19.6 Å². The minimum atomic E-state index is -0.998. The van der Waals surface area contributed by atoms with Gasteiger partial charge < -0.3 is 20.1 Å². The van der Waals surface area contributed by atoms with Crippen molar-refractivity contribution in [2.24, 2.45) is 5.41 Å². The zero-order valence-electron chi connectivity index (χ0n) is 17.6. The highest BCUT2D eigenvalue weighted by Crippen LogP contribution is 2.32. The molecule has 10 heteroatoms. The topological polar surface area (TPSA) is 125 Å². The molecule has 1 aliphatic rings. The summed E-state index contributed by atoms with van der Waals surface area (Å²) in [5.41, 5.74) is 1.47. The number of methoxy groups -OCH3 is 1. The van der Waals surface area contributed by atoms with Gasteiger partial charge in [-0.25, -0.2) is 14.8 Å². The number of piperidine rings is 1. The second-order valence-electron chi connectivity index (χ2n) is 8.23. The van der Waals surface area contributed by atoms with E-state index in [9.17, 15) is 9.59 Å². The smallest absolute Gasteiger partial charge is 0.404 e. The molecule has 2 aromatic heterocycles. The first-order valence-electron chi connectivity index (χ1n) is 10.2. The number of fused-ring (bicyclic) bond motifs is 1. The fourth-order valence-electron chi connectivity index (χ4n) is 3.87. The molecular formula is C21H26N6O4. The van der Waals surface area contributed by atoms with E-state index in [1.807, 2.05) is 24.3 Å². The van der Waals surface area contributed by atoms with Gasteiger partial charge in [-0.05, 0) is 36.0 Å². The maximum atomic E-state index is 12.3. The predicted octanol–water partition coefficient (Wildman–Crippen LogP) is 2.05. The van der Waals surface area contributed by atoms with Gasteiger partial charge in [-0.3, -0.25) is 14.6 Å². The zero-order chi connectivity index (χ0) is 22.0. The first kappa shape index (κ1) is 20.7. The first-order chi connectivity index (χ1) is 14.9. The van der Waals surface area contributed by atoms with Crippen LogP contribution in [0.25, 0.3) is 11.2 Å². The minimum absolute atomic E-state index is 0.0863.